The molecule has 4 heteroatoms. The van der Waals surface area contributed by atoms with Gasteiger partial charge in [-0.25, -0.2) is 0 Å². The second kappa shape index (κ2) is 6.21. The fraction of sp³-hybridized carbons (Fsp3) is 0.917. The first-order valence-electron chi connectivity index (χ1n) is 5.77. The van der Waals surface area contributed by atoms with Crippen molar-refractivity contribution in [1.29, 1.82) is 0 Å². The number of ether oxygens (including phenoxy) is 2. The van der Waals surface area contributed by atoms with Crippen molar-refractivity contribution in [1.82, 2.24) is 0 Å². The molecule has 2 N–H and O–H groups in total. The molecule has 0 aromatic rings. The highest BCUT2D eigenvalue weighted by molar-refractivity contribution is 5.77. The minimum atomic E-state index is -0.697. The van der Waals surface area contributed by atoms with E-state index in [0.29, 0.717) is 19.8 Å². The van der Waals surface area contributed by atoms with Gasteiger partial charge in [0.05, 0.1) is 12.0 Å². The Hall–Kier alpha value is -0.610. The molecule has 0 atom stereocenters. The van der Waals surface area contributed by atoms with E-state index < -0.39 is 11.0 Å². The lowest BCUT2D eigenvalue weighted by atomic mass is 9.75. The summed E-state index contributed by atoms with van der Waals surface area (Å²) in [5, 5.41) is 0. The minimum absolute atomic E-state index is 0.278. The van der Waals surface area contributed by atoms with E-state index in [2.05, 4.69) is 0 Å². The summed E-state index contributed by atoms with van der Waals surface area (Å²) in [5.74, 6) is -0.278. The topological polar surface area (TPSA) is 61.5 Å². The number of rotatable bonds is 7. The van der Waals surface area contributed by atoms with Crippen molar-refractivity contribution in [3.05, 3.63) is 0 Å². The molecule has 0 unspecified atom stereocenters. The van der Waals surface area contributed by atoms with Crippen LogP contribution in [0.3, 0.4) is 0 Å². The molecule has 0 aliphatic rings. The Labute approximate surface area is 98.5 Å². The summed E-state index contributed by atoms with van der Waals surface area (Å²) in [6.45, 7) is 10.7. The first-order chi connectivity index (χ1) is 7.23. The summed E-state index contributed by atoms with van der Waals surface area (Å²) in [5.41, 5.74) is 4.63. The maximum atomic E-state index is 11.8. The highest BCUT2D eigenvalue weighted by Gasteiger charge is 2.41. The Morgan fingerprint density at radius 1 is 1.12 bits per heavy atom. The summed E-state index contributed by atoms with van der Waals surface area (Å²) < 4.78 is 10.4. The highest BCUT2D eigenvalue weighted by atomic mass is 16.6. The van der Waals surface area contributed by atoms with Gasteiger partial charge in [0.2, 0.25) is 0 Å². The minimum Gasteiger partial charge on any atom is -0.463 e. The van der Waals surface area contributed by atoms with Crippen LogP contribution in [0.25, 0.3) is 0 Å². The fourth-order valence-corrected chi connectivity index (χ4v) is 0.883. The quantitative estimate of drug-likeness (QED) is 0.535. The largest absolute Gasteiger partial charge is 0.463 e. The van der Waals surface area contributed by atoms with Crippen LogP contribution in [0.2, 0.25) is 0 Å². The third-order valence-corrected chi connectivity index (χ3v) is 2.93. The molecule has 0 saturated carbocycles. The molecular weight excluding hydrogens is 206 g/mol. The molecule has 16 heavy (non-hydrogen) atoms. The summed E-state index contributed by atoms with van der Waals surface area (Å²) in [6.07, 6.45) is 0.968. The predicted molar refractivity (Wildman–Crippen MR) is 64.1 cm³/mol. The van der Waals surface area contributed by atoms with Gasteiger partial charge in [0.1, 0.15) is 6.61 Å². The number of carbonyl (C=O) groups excluding carboxylic acids is 1. The lowest BCUT2D eigenvalue weighted by Crippen LogP contribution is -2.52. The predicted octanol–water partition coefficient (Wildman–Crippen LogP) is 1.72. The smallest absolute Gasteiger partial charge is 0.313 e. The van der Waals surface area contributed by atoms with Gasteiger partial charge < -0.3 is 15.2 Å². The SMILES string of the molecule is CCCOCCOC(=O)C(C)(C)C(C)(C)N. The Kier molecular flexibility index (Phi) is 5.97. The van der Waals surface area contributed by atoms with E-state index in [4.69, 9.17) is 15.2 Å². The maximum absolute atomic E-state index is 11.8. The van der Waals surface area contributed by atoms with E-state index in [9.17, 15) is 4.79 Å². The lowest BCUT2D eigenvalue weighted by Gasteiger charge is -2.35. The van der Waals surface area contributed by atoms with Gasteiger partial charge in [0.15, 0.2) is 0 Å². The maximum Gasteiger partial charge on any atom is 0.313 e. The zero-order valence-corrected chi connectivity index (χ0v) is 11.1. The van der Waals surface area contributed by atoms with Crippen LogP contribution in [0.15, 0.2) is 0 Å². The summed E-state index contributed by atoms with van der Waals surface area (Å²) in [6, 6.07) is 0. The Morgan fingerprint density at radius 2 is 1.69 bits per heavy atom. The van der Waals surface area contributed by atoms with Gasteiger partial charge >= 0.3 is 5.97 Å². The van der Waals surface area contributed by atoms with Gasteiger partial charge in [-0.3, -0.25) is 4.79 Å². The average Bonchev–Trinajstić information content (AvgIpc) is 2.15. The third-order valence-electron chi connectivity index (χ3n) is 2.93. The molecule has 0 rings (SSSR count). The molecule has 0 saturated heterocycles. The van der Waals surface area contributed by atoms with E-state index in [1.807, 2.05) is 20.8 Å². The van der Waals surface area contributed by atoms with Crippen molar-refractivity contribution in [2.45, 2.75) is 46.6 Å². The Bertz CT molecular complexity index is 219. The van der Waals surface area contributed by atoms with Crippen molar-refractivity contribution < 1.29 is 14.3 Å². The van der Waals surface area contributed by atoms with Gasteiger partial charge in [0, 0.05) is 12.1 Å². The van der Waals surface area contributed by atoms with Crippen LogP contribution in [0, 0.1) is 5.41 Å². The first kappa shape index (κ1) is 15.4. The molecule has 0 amide bonds. The molecule has 0 aliphatic heterocycles. The number of esters is 1. The van der Waals surface area contributed by atoms with E-state index in [1.54, 1.807) is 13.8 Å². The molecule has 96 valence electrons. The zero-order valence-electron chi connectivity index (χ0n) is 11.1. The van der Waals surface area contributed by atoms with E-state index >= 15 is 0 Å². The van der Waals surface area contributed by atoms with E-state index in [-0.39, 0.29) is 5.97 Å². The molecule has 0 spiro atoms. The van der Waals surface area contributed by atoms with E-state index in [0.717, 1.165) is 6.42 Å². The summed E-state index contributed by atoms with van der Waals surface area (Å²) in [7, 11) is 0. The molecule has 0 bridgehead atoms. The number of nitrogens with two attached hydrogens (primary N) is 1. The zero-order chi connectivity index (χ0) is 12.8. The van der Waals surface area contributed by atoms with Crippen LogP contribution in [-0.2, 0) is 14.3 Å². The number of hydrogen-bond acceptors (Lipinski definition) is 4. The second-order valence-corrected chi connectivity index (χ2v) is 5.09. The summed E-state index contributed by atoms with van der Waals surface area (Å²) >= 11 is 0. The molecule has 0 fully saturated rings. The Balaban J connectivity index is 3.98. The number of hydrogen-bond donors (Lipinski definition) is 1. The van der Waals surface area contributed by atoms with Crippen molar-refractivity contribution in [3.8, 4) is 0 Å². The van der Waals surface area contributed by atoms with Crippen LogP contribution in [0.5, 0.6) is 0 Å². The monoisotopic (exact) mass is 231 g/mol. The molecule has 4 nitrogen and oxygen atoms in total. The van der Waals surface area contributed by atoms with Gasteiger partial charge in [-0.2, -0.15) is 0 Å². The van der Waals surface area contributed by atoms with Gasteiger partial charge in [-0.05, 0) is 34.1 Å². The van der Waals surface area contributed by atoms with Crippen molar-refractivity contribution in [2.75, 3.05) is 19.8 Å². The van der Waals surface area contributed by atoms with Gasteiger partial charge in [0.25, 0.3) is 0 Å². The van der Waals surface area contributed by atoms with Gasteiger partial charge in [-0.1, -0.05) is 6.92 Å². The average molecular weight is 231 g/mol. The molecule has 0 aromatic carbocycles. The van der Waals surface area contributed by atoms with Crippen LogP contribution >= 0.6 is 0 Å². The molecule has 0 aliphatic carbocycles. The van der Waals surface area contributed by atoms with Crippen molar-refractivity contribution in [3.63, 3.8) is 0 Å². The van der Waals surface area contributed by atoms with Crippen molar-refractivity contribution >= 4 is 5.97 Å². The third kappa shape index (κ3) is 4.49. The standard InChI is InChI=1S/C12H25NO3/c1-6-7-15-8-9-16-10(14)11(2,3)12(4,5)13/h6-9,13H2,1-5H3. The summed E-state index contributed by atoms with van der Waals surface area (Å²) in [4.78, 5) is 11.8. The van der Waals surface area contributed by atoms with E-state index in [1.165, 1.54) is 0 Å². The number of carbonyl (C=O) groups is 1. The fourth-order valence-electron chi connectivity index (χ4n) is 0.883. The molecule has 0 heterocycles. The van der Waals surface area contributed by atoms with Gasteiger partial charge in [-0.15, -0.1) is 0 Å². The lowest BCUT2D eigenvalue weighted by molar-refractivity contribution is -0.158. The highest BCUT2D eigenvalue weighted by Crippen LogP contribution is 2.29. The second-order valence-electron chi connectivity index (χ2n) is 5.09. The molecular formula is C12H25NO3. The molecule has 0 aromatic heterocycles. The van der Waals surface area contributed by atoms with Crippen molar-refractivity contribution in [2.24, 2.45) is 11.1 Å². The van der Waals surface area contributed by atoms with Crippen LogP contribution in [0.1, 0.15) is 41.0 Å². The van der Waals surface area contributed by atoms with Crippen LogP contribution < -0.4 is 5.73 Å². The normalized spacial score (nSPS) is 12.6. The van der Waals surface area contributed by atoms with Crippen LogP contribution in [0.4, 0.5) is 0 Å². The molecule has 0 radical (unpaired) electrons. The first-order valence-corrected chi connectivity index (χ1v) is 5.77. The van der Waals surface area contributed by atoms with Crippen LogP contribution in [-0.4, -0.2) is 31.3 Å². The Morgan fingerprint density at radius 3 is 2.12 bits per heavy atom.